The van der Waals surface area contributed by atoms with E-state index in [9.17, 15) is 9.00 Å². The van der Waals surface area contributed by atoms with Gasteiger partial charge in [0.05, 0.1) is 23.3 Å². The monoisotopic (exact) mass is 254 g/mol. The molecular weight excluding hydrogens is 236 g/mol. The Bertz CT molecular complexity index is 398. The van der Waals surface area contributed by atoms with Crippen LogP contribution in [-0.2, 0) is 20.3 Å². The van der Waals surface area contributed by atoms with Crippen LogP contribution in [0.5, 0.6) is 0 Å². The van der Waals surface area contributed by atoms with E-state index in [1.165, 1.54) is 0 Å². The highest BCUT2D eigenvalue weighted by Gasteiger charge is 2.17. The molecule has 1 aromatic rings. The first-order chi connectivity index (χ1) is 8.04. The van der Waals surface area contributed by atoms with E-state index in [-0.39, 0.29) is 11.9 Å². The standard InChI is InChI=1S/C13H18O3S/c1-4-16-13(14)11(3)9-17(15)12-7-5-10(2)6-8-12/h5-8,11H,4,9H2,1-3H3. The van der Waals surface area contributed by atoms with Crippen molar-refractivity contribution in [1.29, 1.82) is 0 Å². The SMILES string of the molecule is CCOC(=O)C(C)CS(=O)c1ccc(C)cc1. The molecule has 0 aliphatic carbocycles. The number of hydrogen-bond donors (Lipinski definition) is 0. The maximum Gasteiger partial charge on any atom is 0.309 e. The predicted molar refractivity (Wildman–Crippen MR) is 68.3 cm³/mol. The number of carbonyl (C=O) groups excluding carboxylic acids is 1. The van der Waals surface area contributed by atoms with E-state index >= 15 is 0 Å². The summed E-state index contributed by atoms with van der Waals surface area (Å²) in [5.74, 6) is -0.313. The number of ether oxygens (including phenoxy) is 1. The van der Waals surface area contributed by atoms with E-state index in [2.05, 4.69) is 0 Å². The summed E-state index contributed by atoms with van der Waals surface area (Å²) in [6.45, 7) is 5.85. The second kappa shape index (κ2) is 6.55. The highest BCUT2D eigenvalue weighted by Crippen LogP contribution is 2.12. The third-order valence-corrected chi connectivity index (χ3v) is 3.97. The van der Waals surface area contributed by atoms with Crippen LogP contribution in [0.1, 0.15) is 19.4 Å². The minimum absolute atomic E-state index is 0.284. The molecule has 3 nitrogen and oxygen atoms in total. The van der Waals surface area contributed by atoms with Gasteiger partial charge in [0, 0.05) is 10.6 Å². The third-order valence-electron chi connectivity index (χ3n) is 2.37. The van der Waals surface area contributed by atoms with Gasteiger partial charge in [-0.25, -0.2) is 0 Å². The number of hydrogen-bond acceptors (Lipinski definition) is 3. The number of carbonyl (C=O) groups is 1. The molecular formula is C13H18O3S. The second-order valence-electron chi connectivity index (χ2n) is 3.98. The van der Waals surface area contributed by atoms with Crippen LogP contribution < -0.4 is 0 Å². The maximum atomic E-state index is 12.0. The Morgan fingerprint density at radius 3 is 2.47 bits per heavy atom. The molecule has 0 heterocycles. The summed E-state index contributed by atoms with van der Waals surface area (Å²) in [6.07, 6.45) is 0. The predicted octanol–water partition coefficient (Wildman–Crippen LogP) is 2.30. The van der Waals surface area contributed by atoms with E-state index < -0.39 is 10.8 Å². The largest absolute Gasteiger partial charge is 0.466 e. The van der Waals surface area contributed by atoms with Crippen molar-refractivity contribution >= 4 is 16.8 Å². The van der Waals surface area contributed by atoms with Crippen molar-refractivity contribution in [3.8, 4) is 0 Å². The zero-order valence-electron chi connectivity index (χ0n) is 10.4. The first-order valence-corrected chi connectivity index (χ1v) is 6.98. The molecule has 0 spiro atoms. The van der Waals surface area contributed by atoms with Gasteiger partial charge < -0.3 is 4.74 Å². The Morgan fingerprint density at radius 2 is 1.94 bits per heavy atom. The van der Waals surface area contributed by atoms with Crippen LogP contribution in [0.4, 0.5) is 0 Å². The van der Waals surface area contributed by atoms with Crippen LogP contribution in [0.2, 0.25) is 0 Å². The fraction of sp³-hybridized carbons (Fsp3) is 0.462. The zero-order valence-corrected chi connectivity index (χ0v) is 11.3. The molecule has 0 radical (unpaired) electrons. The Balaban J connectivity index is 2.60. The summed E-state index contributed by atoms with van der Waals surface area (Å²) in [5, 5.41) is 0. The number of rotatable bonds is 5. The van der Waals surface area contributed by atoms with E-state index in [4.69, 9.17) is 4.74 Å². The minimum atomic E-state index is -1.15. The molecule has 4 heteroatoms. The van der Waals surface area contributed by atoms with Gasteiger partial charge >= 0.3 is 5.97 Å². The van der Waals surface area contributed by atoms with Gasteiger partial charge in [-0.1, -0.05) is 24.6 Å². The molecule has 2 atom stereocenters. The molecule has 94 valence electrons. The van der Waals surface area contributed by atoms with Gasteiger partial charge in [0.1, 0.15) is 0 Å². The first-order valence-electron chi connectivity index (χ1n) is 5.66. The van der Waals surface area contributed by atoms with Crippen molar-refractivity contribution in [2.75, 3.05) is 12.4 Å². The van der Waals surface area contributed by atoms with Gasteiger partial charge in [-0.2, -0.15) is 0 Å². The van der Waals surface area contributed by atoms with Crippen LogP contribution in [0.25, 0.3) is 0 Å². The van der Waals surface area contributed by atoms with Gasteiger partial charge in [0.2, 0.25) is 0 Å². The smallest absolute Gasteiger partial charge is 0.309 e. The van der Waals surface area contributed by atoms with Crippen LogP contribution in [0.3, 0.4) is 0 Å². The zero-order chi connectivity index (χ0) is 12.8. The number of aryl methyl sites for hydroxylation is 1. The lowest BCUT2D eigenvalue weighted by Gasteiger charge is -2.10. The fourth-order valence-electron chi connectivity index (χ4n) is 1.37. The summed E-state index contributed by atoms with van der Waals surface area (Å²) < 4.78 is 16.9. The molecule has 1 rings (SSSR count). The van der Waals surface area contributed by atoms with Gasteiger partial charge in [-0.15, -0.1) is 0 Å². The maximum absolute atomic E-state index is 12.0. The molecule has 0 aliphatic rings. The van der Waals surface area contributed by atoms with Gasteiger partial charge in [-0.05, 0) is 26.0 Å². The van der Waals surface area contributed by atoms with Crippen molar-refractivity contribution < 1.29 is 13.7 Å². The van der Waals surface area contributed by atoms with Crippen molar-refractivity contribution in [2.45, 2.75) is 25.7 Å². The molecule has 0 aliphatic heterocycles. The van der Waals surface area contributed by atoms with Gasteiger partial charge in [0.15, 0.2) is 0 Å². The molecule has 0 N–H and O–H groups in total. The van der Waals surface area contributed by atoms with E-state index in [1.807, 2.05) is 31.2 Å². The molecule has 0 amide bonds. The topological polar surface area (TPSA) is 43.4 Å². The number of benzene rings is 1. The Hall–Kier alpha value is -1.16. The van der Waals surface area contributed by atoms with Crippen molar-refractivity contribution in [3.05, 3.63) is 29.8 Å². The molecule has 0 bridgehead atoms. The van der Waals surface area contributed by atoms with Crippen LogP contribution in [0, 0.1) is 12.8 Å². The third kappa shape index (κ3) is 4.30. The molecule has 0 fully saturated rings. The lowest BCUT2D eigenvalue weighted by atomic mass is 10.2. The van der Waals surface area contributed by atoms with Crippen LogP contribution in [0.15, 0.2) is 29.2 Å². The summed E-state index contributed by atoms with van der Waals surface area (Å²) in [4.78, 5) is 12.2. The Kier molecular flexibility index (Phi) is 5.35. The first kappa shape index (κ1) is 13.9. The Labute approximate surface area is 105 Å². The lowest BCUT2D eigenvalue weighted by molar-refractivity contribution is -0.146. The molecule has 0 aromatic heterocycles. The quantitative estimate of drug-likeness (QED) is 0.757. The van der Waals surface area contributed by atoms with Crippen molar-refractivity contribution in [2.24, 2.45) is 5.92 Å². The van der Waals surface area contributed by atoms with E-state index in [0.717, 1.165) is 10.5 Å². The molecule has 1 aromatic carbocycles. The summed E-state index contributed by atoms with van der Waals surface area (Å²) in [6, 6.07) is 7.51. The highest BCUT2D eigenvalue weighted by molar-refractivity contribution is 7.85. The second-order valence-corrected chi connectivity index (χ2v) is 5.47. The Morgan fingerprint density at radius 1 is 1.35 bits per heavy atom. The van der Waals surface area contributed by atoms with Gasteiger partial charge in [-0.3, -0.25) is 9.00 Å². The average Bonchev–Trinajstić information content (AvgIpc) is 2.30. The van der Waals surface area contributed by atoms with Crippen molar-refractivity contribution in [3.63, 3.8) is 0 Å². The summed E-state index contributed by atoms with van der Waals surface area (Å²) in [5.41, 5.74) is 1.13. The normalized spacial score (nSPS) is 14.1. The van der Waals surface area contributed by atoms with E-state index in [1.54, 1.807) is 13.8 Å². The minimum Gasteiger partial charge on any atom is -0.466 e. The lowest BCUT2D eigenvalue weighted by Crippen LogP contribution is -2.20. The highest BCUT2D eigenvalue weighted by atomic mass is 32.2. The molecule has 17 heavy (non-hydrogen) atoms. The van der Waals surface area contributed by atoms with Gasteiger partial charge in [0.25, 0.3) is 0 Å². The fourth-order valence-corrected chi connectivity index (χ4v) is 2.59. The van der Waals surface area contributed by atoms with E-state index in [0.29, 0.717) is 12.4 Å². The molecule has 0 saturated heterocycles. The van der Waals surface area contributed by atoms with Crippen LogP contribution in [-0.4, -0.2) is 22.5 Å². The molecule has 0 saturated carbocycles. The van der Waals surface area contributed by atoms with Crippen molar-refractivity contribution in [1.82, 2.24) is 0 Å². The average molecular weight is 254 g/mol. The number of esters is 1. The molecule has 2 unspecified atom stereocenters. The summed E-state index contributed by atoms with van der Waals surface area (Å²) >= 11 is 0. The van der Waals surface area contributed by atoms with Crippen LogP contribution >= 0.6 is 0 Å². The summed E-state index contributed by atoms with van der Waals surface area (Å²) in [7, 11) is -1.15.